The highest BCUT2D eigenvalue weighted by atomic mass is 19.1. The Kier molecular flexibility index (Phi) is 4.71. The van der Waals surface area contributed by atoms with Gasteiger partial charge in [0.05, 0.1) is 11.6 Å². The second kappa shape index (κ2) is 7.19. The Balaban J connectivity index is 1.54. The summed E-state index contributed by atoms with van der Waals surface area (Å²) in [6.07, 6.45) is 0.223. The third kappa shape index (κ3) is 3.42. The first kappa shape index (κ1) is 18.3. The van der Waals surface area contributed by atoms with Gasteiger partial charge in [-0.1, -0.05) is 49.3 Å². The van der Waals surface area contributed by atoms with Gasteiger partial charge in [0.2, 0.25) is 17.6 Å². The molecule has 2 aromatic carbocycles. The molecule has 144 valence electrons. The SMILES string of the molecule is Cc1ccc(N2CC(c3nc(-c4ccc(C(C)C)cc4)no3)CC2=O)c(F)c1. The van der Waals surface area contributed by atoms with E-state index in [1.807, 2.05) is 19.1 Å². The van der Waals surface area contributed by atoms with E-state index in [4.69, 9.17) is 4.52 Å². The third-order valence-corrected chi connectivity index (χ3v) is 5.15. The molecule has 1 aromatic heterocycles. The topological polar surface area (TPSA) is 59.2 Å². The van der Waals surface area contributed by atoms with Crippen LogP contribution in [0.4, 0.5) is 10.1 Å². The number of aryl methyl sites for hydroxylation is 1. The van der Waals surface area contributed by atoms with Crippen molar-refractivity contribution >= 4 is 11.6 Å². The quantitative estimate of drug-likeness (QED) is 0.652. The van der Waals surface area contributed by atoms with Crippen molar-refractivity contribution in [1.29, 1.82) is 0 Å². The monoisotopic (exact) mass is 379 g/mol. The van der Waals surface area contributed by atoms with E-state index in [1.165, 1.54) is 16.5 Å². The lowest BCUT2D eigenvalue weighted by molar-refractivity contribution is -0.117. The summed E-state index contributed by atoms with van der Waals surface area (Å²) in [6.45, 7) is 6.42. The second-order valence-corrected chi connectivity index (χ2v) is 7.59. The number of hydrogen-bond acceptors (Lipinski definition) is 4. The third-order valence-electron chi connectivity index (χ3n) is 5.15. The summed E-state index contributed by atoms with van der Waals surface area (Å²) in [5.41, 5.74) is 3.21. The van der Waals surface area contributed by atoms with Crippen LogP contribution in [-0.4, -0.2) is 22.6 Å². The number of aromatic nitrogens is 2. The first-order valence-corrected chi connectivity index (χ1v) is 9.43. The van der Waals surface area contributed by atoms with Crippen molar-refractivity contribution in [2.45, 2.75) is 39.0 Å². The second-order valence-electron chi connectivity index (χ2n) is 7.59. The minimum absolute atomic E-state index is 0.145. The molecule has 2 heterocycles. The number of amides is 1. The Bertz CT molecular complexity index is 1010. The standard InChI is InChI=1S/C22H22FN3O2/c1-13(2)15-5-7-16(8-6-15)21-24-22(28-25-21)17-11-20(27)26(12-17)19-9-4-14(3)10-18(19)23/h4-10,13,17H,11-12H2,1-3H3. The van der Waals surface area contributed by atoms with Crippen molar-refractivity contribution < 1.29 is 13.7 Å². The summed E-state index contributed by atoms with van der Waals surface area (Å²) in [5, 5.41) is 4.07. The Morgan fingerprint density at radius 2 is 1.93 bits per heavy atom. The lowest BCUT2D eigenvalue weighted by Crippen LogP contribution is -2.25. The molecule has 0 spiro atoms. The van der Waals surface area contributed by atoms with Crippen LogP contribution in [0.15, 0.2) is 47.0 Å². The fourth-order valence-corrected chi connectivity index (χ4v) is 3.47. The normalized spacial score (nSPS) is 17.0. The molecule has 0 aliphatic carbocycles. The molecule has 1 atom stereocenters. The molecular weight excluding hydrogens is 357 g/mol. The average Bonchev–Trinajstić information content (AvgIpc) is 3.29. The predicted molar refractivity (Wildman–Crippen MR) is 105 cm³/mol. The molecule has 1 fully saturated rings. The van der Waals surface area contributed by atoms with Gasteiger partial charge in [0.1, 0.15) is 5.82 Å². The molecule has 1 aliphatic rings. The molecule has 1 amide bonds. The fourth-order valence-electron chi connectivity index (χ4n) is 3.47. The van der Waals surface area contributed by atoms with Crippen LogP contribution in [0.5, 0.6) is 0 Å². The molecule has 0 N–H and O–H groups in total. The summed E-state index contributed by atoms with van der Waals surface area (Å²) in [7, 11) is 0. The van der Waals surface area contributed by atoms with Crippen molar-refractivity contribution in [2.75, 3.05) is 11.4 Å². The van der Waals surface area contributed by atoms with Gasteiger partial charge in [-0.05, 0) is 36.1 Å². The van der Waals surface area contributed by atoms with Gasteiger partial charge in [-0.15, -0.1) is 0 Å². The number of benzene rings is 2. The van der Waals surface area contributed by atoms with E-state index >= 15 is 0 Å². The molecule has 28 heavy (non-hydrogen) atoms. The zero-order valence-electron chi connectivity index (χ0n) is 16.1. The fraction of sp³-hybridized carbons (Fsp3) is 0.318. The highest BCUT2D eigenvalue weighted by molar-refractivity contribution is 5.96. The maximum atomic E-state index is 14.3. The molecule has 1 saturated heterocycles. The molecule has 0 bridgehead atoms. The van der Waals surface area contributed by atoms with Gasteiger partial charge in [-0.3, -0.25) is 4.79 Å². The van der Waals surface area contributed by atoms with Crippen molar-refractivity contribution in [3.63, 3.8) is 0 Å². The van der Waals surface area contributed by atoms with Gasteiger partial charge in [0.15, 0.2) is 0 Å². The van der Waals surface area contributed by atoms with Gasteiger partial charge < -0.3 is 9.42 Å². The number of nitrogens with zero attached hydrogens (tertiary/aromatic N) is 3. The number of rotatable bonds is 4. The highest BCUT2D eigenvalue weighted by Crippen LogP contribution is 2.33. The van der Waals surface area contributed by atoms with Crippen LogP contribution in [0.25, 0.3) is 11.4 Å². The van der Waals surface area contributed by atoms with Crippen LogP contribution < -0.4 is 4.90 Å². The predicted octanol–water partition coefficient (Wildman–Crippen LogP) is 4.83. The van der Waals surface area contributed by atoms with Gasteiger partial charge in [-0.2, -0.15) is 4.98 Å². The lowest BCUT2D eigenvalue weighted by Gasteiger charge is -2.17. The van der Waals surface area contributed by atoms with Crippen molar-refractivity contribution in [2.24, 2.45) is 0 Å². The molecule has 6 heteroatoms. The first-order chi connectivity index (χ1) is 13.4. The summed E-state index contributed by atoms with van der Waals surface area (Å²) in [5.74, 6) is 0.570. The van der Waals surface area contributed by atoms with Crippen molar-refractivity contribution in [3.8, 4) is 11.4 Å². The van der Waals surface area contributed by atoms with Crippen LogP contribution in [0, 0.1) is 12.7 Å². The van der Waals surface area contributed by atoms with Gasteiger partial charge in [-0.25, -0.2) is 4.39 Å². The molecule has 5 nitrogen and oxygen atoms in total. The Hall–Kier alpha value is -3.02. The summed E-state index contributed by atoms with van der Waals surface area (Å²) >= 11 is 0. The number of hydrogen-bond donors (Lipinski definition) is 0. The van der Waals surface area contributed by atoms with E-state index in [-0.39, 0.29) is 18.2 Å². The van der Waals surface area contributed by atoms with E-state index in [2.05, 4.69) is 36.1 Å². The maximum Gasteiger partial charge on any atom is 0.232 e. The van der Waals surface area contributed by atoms with E-state index < -0.39 is 5.82 Å². The molecule has 0 saturated carbocycles. The number of carbonyl (C=O) groups is 1. The molecular formula is C22H22FN3O2. The Morgan fingerprint density at radius 3 is 2.61 bits per heavy atom. The lowest BCUT2D eigenvalue weighted by atomic mass is 10.0. The summed E-state index contributed by atoms with van der Waals surface area (Å²) < 4.78 is 19.7. The van der Waals surface area contributed by atoms with E-state index in [0.29, 0.717) is 29.9 Å². The van der Waals surface area contributed by atoms with Gasteiger partial charge in [0, 0.05) is 18.5 Å². The number of carbonyl (C=O) groups excluding carboxylic acids is 1. The zero-order valence-corrected chi connectivity index (χ0v) is 16.1. The number of anilines is 1. The van der Waals surface area contributed by atoms with Crippen LogP contribution in [0.2, 0.25) is 0 Å². The smallest absolute Gasteiger partial charge is 0.232 e. The molecule has 0 radical (unpaired) electrons. The van der Waals surface area contributed by atoms with E-state index in [1.54, 1.807) is 12.1 Å². The minimum atomic E-state index is -0.398. The van der Waals surface area contributed by atoms with E-state index in [0.717, 1.165) is 11.1 Å². The van der Waals surface area contributed by atoms with Gasteiger partial charge >= 0.3 is 0 Å². The molecule has 3 aromatic rings. The zero-order chi connectivity index (χ0) is 19.8. The Labute approximate surface area is 163 Å². The number of halogens is 1. The minimum Gasteiger partial charge on any atom is -0.339 e. The van der Waals surface area contributed by atoms with Crippen LogP contribution in [0.1, 0.15) is 49.1 Å². The van der Waals surface area contributed by atoms with Crippen molar-refractivity contribution in [3.05, 3.63) is 65.3 Å². The maximum absolute atomic E-state index is 14.3. The van der Waals surface area contributed by atoms with Crippen molar-refractivity contribution in [1.82, 2.24) is 10.1 Å². The largest absolute Gasteiger partial charge is 0.339 e. The average molecular weight is 379 g/mol. The molecule has 4 rings (SSSR count). The molecule has 1 aliphatic heterocycles. The first-order valence-electron chi connectivity index (χ1n) is 9.43. The summed E-state index contributed by atoms with van der Waals surface area (Å²) in [4.78, 5) is 18.4. The van der Waals surface area contributed by atoms with E-state index in [9.17, 15) is 9.18 Å². The van der Waals surface area contributed by atoms with Crippen LogP contribution >= 0.6 is 0 Å². The Morgan fingerprint density at radius 1 is 1.18 bits per heavy atom. The highest BCUT2D eigenvalue weighted by Gasteiger charge is 2.36. The summed E-state index contributed by atoms with van der Waals surface area (Å²) in [6, 6.07) is 12.9. The molecule has 1 unspecified atom stereocenters. The van der Waals surface area contributed by atoms with Crippen LogP contribution in [-0.2, 0) is 4.79 Å². The van der Waals surface area contributed by atoms with Crippen LogP contribution in [0.3, 0.4) is 0 Å². The van der Waals surface area contributed by atoms with Gasteiger partial charge in [0.25, 0.3) is 0 Å².